The number of hydrogen-bond acceptors (Lipinski definition) is 4. The summed E-state index contributed by atoms with van der Waals surface area (Å²) in [5.41, 5.74) is 2.87. The number of anilines is 1. The van der Waals surface area contributed by atoms with E-state index in [9.17, 15) is 4.79 Å². The standard InChI is InChI=1S/C16H18N4OS/c1-9(2)12-5-7-13(8-6-12)14(21)17-15-18-16-20(19-15)10(3)11(4)22-16/h5-9H,1-4H3,(H,17,19,21). The summed E-state index contributed by atoms with van der Waals surface area (Å²) in [7, 11) is 0. The van der Waals surface area contributed by atoms with Crippen molar-refractivity contribution in [1.29, 1.82) is 0 Å². The van der Waals surface area contributed by atoms with Crippen LogP contribution >= 0.6 is 11.3 Å². The Hall–Kier alpha value is -2.21. The molecule has 1 N–H and O–H groups in total. The van der Waals surface area contributed by atoms with E-state index < -0.39 is 0 Å². The van der Waals surface area contributed by atoms with Crippen LogP contribution < -0.4 is 5.32 Å². The number of carbonyl (C=O) groups excluding carboxylic acids is 1. The second-order valence-electron chi connectivity index (χ2n) is 5.60. The third-order valence-electron chi connectivity index (χ3n) is 3.71. The molecule has 3 rings (SSSR count). The van der Waals surface area contributed by atoms with E-state index in [0.717, 1.165) is 10.7 Å². The van der Waals surface area contributed by atoms with Gasteiger partial charge in [-0.25, -0.2) is 4.52 Å². The SMILES string of the molecule is Cc1sc2nc(NC(=O)c3ccc(C(C)C)cc3)nn2c1C. The van der Waals surface area contributed by atoms with E-state index in [2.05, 4.69) is 29.2 Å². The fourth-order valence-corrected chi connectivity index (χ4v) is 3.09. The molecule has 22 heavy (non-hydrogen) atoms. The van der Waals surface area contributed by atoms with Crippen LogP contribution in [0.1, 0.15) is 46.3 Å². The molecule has 0 atom stereocenters. The number of benzene rings is 1. The maximum atomic E-state index is 12.2. The number of rotatable bonds is 3. The molecule has 0 radical (unpaired) electrons. The van der Waals surface area contributed by atoms with E-state index in [1.165, 1.54) is 10.4 Å². The molecule has 6 heteroatoms. The molecule has 0 aliphatic heterocycles. The summed E-state index contributed by atoms with van der Waals surface area (Å²) in [6, 6.07) is 7.62. The topological polar surface area (TPSA) is 59.3 Å². The van der Waals surface area contributed by atoms with Crippen LogP contribution in [-0.2, 0) is 0 Å². The van der Waals surface area contributed by atoms with Crippen molar-refractivity contribution < 1.29 is 4.79 Å². The molecule has 0 saturated heterocycles. The summed E-state index contributed by atoms with van der Waals surface area (Å²) in [6.45, 7) is 8.27. The maximum Gasteiger partial charge on any atom is 0.258 e. The summed E-state index contributed by atoms with van der Waals surface area (Å²) >= 11 is 1.57. The number of thiazole rings is 1. The molecule has 0 fully saturated rings. The summed E-state index contributed by atoms with van der Waals surface area (Å²) in [6.07, 6.45) is 0. The van der Waals surface area contributed by atoms with Crippen molar-refractivity contribution >= 4 is 28.2 Å². The highest BCUT2D eigenvalue weighted by Crippen LogP contribution is 2.21. The van der Waals surface area contributed by atoms with Crippen molar-refractivity contribution in [2.75, 3.05) is 5.32 Å². The highest BCUT2D eigenvalue weighted by atomic mass is 32.1. The quantitative estimate of drug-likeness (QED) is 0.800. The predicted octanol–water partition coefficient (Wildman–Crippen LogP) is 3.78. The Bertz CT molecular complexity index is 830. The summed E-state index contributed by atoms with van der Waals surface area (Å²) in [4.78, 5) is 18.6. The molecule has 0 aliphatic rings. The zero-order valence-corrected chi connectivity index (χ0v) is 13.9. The average molecular weight is 314 g/mol. The molecule has 1 amide bonds. The molecule has 0 spiro atoms. The fourth-order valence-electron chi connectivity index (χ4n) is 2.19. The normalized spacial score (nSPS) is 11.3. The minimum Gasteiger partial charge on any atom is -0.289 e. The number of carbonyl (C=O) groups is 1. The van der Waals surface area contributed by atoms with Gasteiger partial charge in [0.15, 0.2) is 0 Å². The largest absolute Gasteiger partial charge is 0.289 e. The van der Waals surface area contributed by atoms with Gasteiger partial charge in [-0.05, 0) is 37.5 Å². The van der Waals surface area contributed by atoms with Gasteiger partial charge in [-0.1, -0.05) is 37.3 Å². The van der Waals surface area contributed by atoms with Gasteiger partial charge in [0.25, 0.3) is 11.9 Å². The summed E-state index contributed by atoms with van der Waals surface area (Å²) < 4.78 is 1.76. The number of fused-ring (bicyclic) bond motifs is 1. The van der Waals surface area contributed by atoms with E-state index in [4.69, 9.17) is 0 Å². The van der Waals surface area contributed by atoms with Gasteiger partial charge in [-0.2, -0.15) is 4.98 Å². The van der Waals surface area contributed by atoms with Gasteiger partial charge in [-0.15, -0.1) is 5.10 Å². The fraction of sp³-hybridized carbons (Fsp3) is 0.312. The lowest BCUT2D eigenvalue weighted by Crippen LogP contribution is -2.13. The molecule has 2 heterocycles. The lowest BCUT2D eigenvalue weighted by atomic mass is 10.0. The minimum absolute atomic E-state index is 0.192. The number of hydrogen-bond donors (Lipinski definition) is 1. The zero-order chi connectivity index (χ0) is 15.9. The predicted molar refractivity (Wildman–Crippen MR) is 88.8 cm³/mol. The molecule has 114 valence electrons. The van der Waals surface area contributed by atoms with Gasteiger partial charge < -0.3 is 0 Å². The van der Waals surface area contributed by atoms with Crippen LogP contribution in [0.5, 0.6) is 0 Å². The van der Waals surface area contributed by atoms with Crippen molar-refractivity contribution in [1.82, 2.24) is 14.6 Å². The van der Waals surface area contributed by atoms with Crippen molar-refractivity contribution in [2.24, 2.45) is 0 Å². The Morgan fingerprint density at radius 2 is 1.91 bits per heavy atom. The number of nitrogens with zero attached hydrogens (tertiary/aromatic N) is 3. The first kappa shape index (κ1) is 14.7. The molecule has 2 aromatic heterocycles. The van der Waals surface area contributed by atoms with E-state index in [1.807, 2.05) is 38.1 Å². The van der Waals surface area contributed by atoms with Crippen molar-refractivity contribution in [2.45, 2.75) is 33.6 Å². The second kappa shape index (κ2) is 5.53. The van der Waals surface area contributed by atoms with Gasteiger partial charge in [0.1, 0.15) is 0 Å². The first-order valence-corrected chi connectivity index (χ1v) is 8.01. The number of amides is 1. The molecule has 1 aromatic carbocycles. The number of aryl methyl sites for hydroxylation is 2. The van der Waals surface area contributed by atoms with Gasteiger partial charge >= 0.3 is 0 Å². The van der Waals surface area contributed by atoms with Crippen LogP contribution in [0.25, 0.3) is 4.96 Å². The van der Waals surface area contributed by atoms with Crippen LogP contribution in [0.3, 0.4) is 0 Å². The third kappa shape index (κ3) is 2.62. The molecule has 5 nitrogen and oxygen atoms in total. The first-order chi connectivity index (χ1) is 10.5. The van der Waals surface area contributed by atoms with E-state index in [-0.39, 0.29) is 5.91 Å². The number of nitrogens with one attached hydrogen (secondary N) is 1. The average Bonchev–Trinajstić information content (AvgIpc) is 2.99. The van der Waals surface area contributed by atoms with Crippen LogP contribution in [0.2, 0.25) is 0 Å². The monoisotopic (exact) mass is 314 g/mol. The molecule has 0 bridgehead atoms. The summed E-state index contributed by atoms with van der Waals surface area (Å²) in [5, 5.41) is 7.08. The van der Waals surface area contributed by atoms with Crippen molar-refractivity contribution in [3.05, 3.63) is 46.0 Å². The molecule has 0 aliphatic carbocycles. The third-order valence-corrected chi connectivity index (χ3v) is 4.76. The molecule has 0 saturated carbocycles. The maximum absolute atomic E-state index is 12.2. The Labute approximate surface area is 133 Å². The number of aromatic nitrogens is 3. The Morgan fingerprint density at radius 1 is 1.23 bits per heavy atom. The van der Waals surface area contributed by atoms with Gasteiger partial charge in [-0.3, -0.25) is 10.1 Å². The first-order valence-electron chi connectivity index (χ1n) is 7.20. The summed E-state index contributed by atoms with van der Waals surface area (Å²) in [5.74, 6) is 0.597. The van der Waals surface area contributed by atoms with E-state index in [0.29, 0.717) is 17.4 Å². The minimum atomic E-state index is -0.192. The lowest BCUT2D eigenvalue weighted by Gasteiger charge is -2.06. The van der Waals surface area contributed by atoms with Crippen molar-refractivity contribution in [3.8, 4) is 0 Å². The van der Waals surface area contributed by atoms with Crippen LogP contribution in [0.4, 0.5) is 5.95 Å². The zero-order valence-electron chi connectivity index (χ0n) is 13.0. The van der Waals surface area contributed by atoms with Gasteiger partial charge in [0.05, 0.1) is 5.69 Å². The van der Waals surface area contributed by atoms with Crippen LogP contribution in [-0.4, -0.2) is 20.5 Å². The lowest BCUT2D eigenvalue weighted by molar-refractivity contribution is 0.102. The molecule has 3 aromatic rings. The van der Waals surface area contributed by atoms with Gasteiger partial charge in [0.2, 0.25) is 4.96 Å². The second-order valence-corrected chi connectivity index (χ2v) is 6.79. The Morgan fingerprint density at radius 3 is 2.50 bits per heavy atom. The highest BCUT2D eigenvalue weighted by molar-refractivity contribution is 7.17. The highest BCUT2D eigenvalue weighted by Gasteiger charge is 2.13. The Balaban J connectivity index is 1.80. The van der Waals surface area contributed by atoms with E-state index >= 15 is 0 Å². The molecule has 0 unspecified atom stereocenters. The molecular weight excluding hydrogens is 296 g/mol. The smallest absolute Gasteiger partial charge is 0.258 e. The molecular formula is C16H18N4OS. The Kier molecular flexibility index (Phi) is 3.70. The van der Waals surface area contributed by atoms with E-state index in [1.54, 1.807) is 15.9 Å². The van der Waals surface area contributed by atoms with Crippen LogP contribution in [0.15, 0.2) is 24.3 Å². The van der Waals surface area contributed by atoms with Gasteiger partial charge in [0, 0.05) is 10.4 Å². The van der Waals surface area contributed by atoms with Crippen molar-refractivity contribution in [3.63, 3.8) is 0 Å². The van der Waals surface area contributed by atoms with Crippen LogP contribution in [0, 0.1) is 13.8 Å².